The van der Waals surface area contributed by atoms with Crippen LogP contribution in [0.2, 0.25) is 5.02 Å². The zero-order valence-corrected chi connectivity index (χ0v) is 12.9. The summed E-state index contributed by atoms with van der Waals surface area (Å²) in [5.74, 6) is 0. The Balaban J connectivity index is 2.10. The van der Waals surface area contributed by atoms with E-state index in [1.165, 1.54) is 10.9 Å². The number of nitrogens with one attached hydrogen (secondary N) is 1. The van der Waals surface area contributed by atoms with Crippen LogP contribution < -0.4 is 5.32 Å². The van der Waals surface area contributed by atoms with Crippen molar-refractivity contribution in [3.05, 3.63) is 76.4 Å². The van der Waals surface area contributed by atoms with Gasteiger partial charge in [0.1, 0.15) is 0 Å². The third-order valence-corrected chi connectivity index (χ3v) is 3.98. The van der Waals surface area contributed by atoms with E-state index in [-0.39, 0.29) is 6.04 Å². The van der Waals surface area contributed by atoms with Crippen LogP contribution in [0.5, 0.6) is 0 Å². The summed E-state index contributed by atoms with van der Waals surface area (Å²) in [6, 6.07) is 18.3. The normalized spacial score (nSPS) is 12.5. The molecule has 0 bridgehead atoms. The number of fused-ring (bicyclic) bond motifs is 1. The molecular formula is C18H17ClN2. The van der Waals surface area contributed by atoms with Gasteiger partial charge in [-0.2, -0.15) is 0 Å². The number of benzene rings is 2. The van der Waals surface area contributed by atoms with Gasteiger partial charge in [-0.15, -0.1) is 0 Å². The van der Waals surface area contributed by atoms with Crippen LogP contribution >= 0.6 is 11.6 Å². The number of aromatic nitrogens is 1. The second-order valence-corrected chi connectivity index (χ2v) is 5.59. The van der Waals surface area contributed by atoms with Crippen LogP contribution in [-0.4, -0.2) is 12.0 Å². The number of pyridine rings is 1. The van der Waals surface area contributed by atoms with Crippen LogP contribution in [0.1, 0.15) is 22.9 Å². The number of nitrogens with zero attached hydrogens (tertiary/aromatic N) is 1. The minimum absolute atomic E-state index is 0.0607. The number of rotatable bonds is 3. The first-order valence-corrected chi connectivity index (χ1v) is 7.36. The van der Waals surface area contributed by atoms with E-state index in [1.807, 2.05) is 43.4 Å². The SMILES string of the molecule is CNC(c1ccc(Cl)cc1)c1cc(C)c2ccccc2n1. The summed E-state index contributed by atoms with van der Waals surface area (Å²) in [4.78, 5) is 4.81. The quantitative estimate of drug-likeness (QED) is 0.769. The molecule has 3 heteroatoms. The summed E-state index contributed by atoms with van der Waals surface area (Å²) in [7, 11) is 1.95. The summed E-state index contributed by atoms with van der Waals surface area (Å²) in [5, 5.41) is 5.29. The van der Waals surface area contributed by atoms with Gasteiger partial charge in [0.2, 0.25) is 0 Å². The Morgan fingerprint density at radius 1 is 1.05 bits per heavy atom. The molecule has 2 aromatic carbocycles. The highest BCUT2D eigenvalue weighted by molar-refractivity contribution is 6.30. The molecule has 1 aromatic heterocycles. The third-order valence-electron chi connectivity index (χ3n) is 3.73. The molecule has 1 atom stereocenters. The van der Waals surface area contributed by atoms with Crippen LogP contribution in [0.4, 0.5) is 0 Å². The van der Waals surface area contributed by atoms with Gasteiger partial charge >= 0.3 is 0 Å². The second-order valence-electron chi connectivity index (χ2n) is 5.15. The van der Waals surface area contributed by atoms with Gasteiger partial charge in [0.15, 0.2) is 0 Å². The number of halogens is 1. The Labute approximate surface area is 129 Å². The van der Waals surface area contributed by atoms with E-state index in [2.05, 4.69) is 30.4 Å². The predicted molar refractivity (Wildman–Crippen MR) is 88.8 cm³/mol. The van der Waals surface area contributed by atoms with E-state index >= 15 is 0 Å². The van der Waals surface area contributed by atoms with E-state index in [4.69, 9.17) is 16.6 Å². The fourth-order valence-electron chi connectivity index (χ4n) is 2.66. The number of para-hydroxylation sites is 1. The number of hydrogen-bond acceptors (Lipinski definition) is 2. The van der Waals surface area contributed by atoms with E-state index in [0.29, 0.717) is 0 Å². The third kappa shape index (κ3) is 2.78. The molecule has 21 heavy (non-hydrogen) atoms. The van der Waals surface area contributed by atoms with Crippen LogP contribution in [0.15, 0.2) is 54.6 Å². The van der Waals surface area contributed by atoms with Gasteiger partial charge in [0.05, 0.1) is 17.3 Å². The molecule has 0 saturated heterocycles. The first-order valence-electron chi connectivity index (χ1n) is 6.98. The van der Waals surface area contributed by atoms with Crippen molar-refractivity contribution in [3.63, 3.8) is 0 Å². The van der Waals surface area contributed by atoms with Gasteiger partial charge in [0, 0.05) is 10.4 Å². The van der Waals surface area contributed by atoms with Gasteiger partial charge < -0.3 is 5.32 Å². The van der Waals surface area contributed by atoms with Crippen molar-refractivity contribution in [1.82, 2.24) is 10.3 Å². The van der Waals surface area contributed by atoms with Crippen molar-refractivity contribution < 1.29 is 0 Å². The molecule has 0 fully saturated rings. The fraction of sp³-hybridized carbons (Fsp3) is 0.167. The summed E-state index contributed by atoms with van der Waals surface area (Å²) < 4.78 is 0. The Morgan fingerprint density at radius 2 is 1.76 bits per heavy atom. The lowest BCUT2D eigenvalue weighted by molar-refractivity contribution is 0.673. The fourth-order valence-corrected chi connectivity index (χ4v) is 2.79. The van der Waals surface area contributed by atoms with E-state index in [0.717, 1.165) is 21.8 Å². The molecular weight excluding hydrogens is 280 g/mol. The van der Waals surface area contributed by atoms with Gasteiger partial charge in [-0.1, -0.05) is 41.9 Å². The zero-order chi connectivity index (χ0) is 14.8. The highest BCUT2D eigenvalue weighted by Gasteiger charge is 2.15. The first-order chi connectivity index (χ1) is 10.2. The highest BCUT2D eigenvalue weighted by atomic mass is 35.5. The maximum Gasteiger partial charge on any atom is 0.0749 e. The Kier molecular flexibility index (Phi) is 3.91. The lowest BCUT2D eigenvalue weighted by atomic mass is 10.0. The Bertz CT molecular complexity index is 766. The molecule has 2 nitrogen and oxygen atoms in total. The molecule has 0 saturated carbocycles. The van der Waals surface area contributed by atoms with Crippen LogP contribution in [0.25, 0.3) is 10.9 Å². The first kappa shape index (κ1) is 14.1. The molecule has 3 rings (SSSR count). The molecule has 0 aliphatic rings. The lowest BCUT2D eigenvalue weighted by Gasteiger charge is -2.18. The van der Waals surface area contributed by atoms with E-state index < -0.39 is 0 Å². The molecule has 0 aliphatic carbocycles. The summed E-state index contributed by atoms with van der Waals surface area (Å²) in [6.07, 6.45) is 0. The van der Waals surface area contributed by atoms with Gasteiger partial charge in [0.25, 0.3) is 0 Å². The summed E-state index contributed by atoms with van der Waals surface area (Å²) in [6.45, 7) is 2.13. The number of hydrogen-bond donors (Lipinski definition) is 1. The topological polar surface area (TPSA) is 24.9 Å². The van der Waals surface area contributed by atoms with Crippen molar-refractivity contribution in [2.45, 2.75) is 13.0 Å². The Morgan fingerprint density at radius 3 is 2.48 bits per heavy atom. The molecule has 0 radical (unpaired) electrons. The van der Waals surface area contributed by atoms with Crippen LogP contribution in [0, 0.1) is 6.92 Å². The van der Waals surface area contributed by atoms with Crippen molar-refractivity contribution in [2.24, 2.45) is 0 Å². The maximum absolute atomic E-state index is 5.97. The smallest absolute Gasteiger partial charge is 0.0749 e. The van der Waals surface area contributed by atoms with E-state index in [1.54, 1.807) is 0 Å². The average molecular weight is 297 g/mol. The molecule has 1 heterocycles. The molecule has 0 aliphatic heterocycles. The summed E-state index contributed by atoms with van der Waals surface area (Å²) >= 11 is 5.97. The largest absolute Gasteiger partial charge is 0.308 e. The maximum atomic E-state index is 5.97. The predicted octanol–water partition coefficient (Wildman–Crippen LogP) is 4.51. The van der Waals surface area contributed by atoms with Crippen molar-refractivity contribution in [2.75, 3.05) is 7.05 Å². The van der Waals surface area contributed by atoms with Crippen molar-refractivity contribution in [1.29, 1.82) is 0 Å². The summed E-state index contributed by atoms with van der Waals surface area (Å²) in [5.41, 5.74) is 4.45. The Hall–Kier alpha value is -1.90. The van der Waals surface area contributed by atoms with Gasteiger partial charge in [-0.3, -0.25) is 4.98 Å². The lowest BCUT2D eigenvalue weighted by Crippen LogP contribution is -2.19. The molecule has 0 spiro atoms. The zero-order valence-electron chi connectivity index (χ0n) is 12.1. The van der Waals surface area contributed by atoms with Crippen LogP contribution in [-0.2, 0) is 0 Å². The molecule has 1 unspecified atom stereocenters. The highest BCUT2D eigenvalue weighted by Crippen LogP contribution is 2.26. The average Bonchev–Trinajstić information content (AvgIpc) is 2.50. The molecule has 106 valence electrons. The van der Waals surface area contributed by atoms with Crippen molar-refractivity contribution in [3.8, 4) is 0 Å². The van der Waals surface area contributed by atoms with Crippen LogP contribution in [0.3, 0.4) is 0 Å². The monoisotopic (exact) mass is 296 g/mol. The molecule has 1 N–H and O–H groups in total. The standard InChI is InChI=1S/C18H17ClN2/c1-12-11-17(21-16-6-4-3-5-15(12)16)18(20-2)13-7-9-14(19)10-8-13/h3-11,18,20H,1-2H3. The minimum Gasteiger partial charge on any atom is -0.308 e. The minimum atomic E-state index is 0.0607. The number of aryl methyl sites for hydroxylation is 1. The van der Waals surface area contributed by atoms with Crippen molar-refractivity contribution >= 4 is 22.5 Å². The van der Waals surface area contributed by atoms with E-state index in [9.17, 15) is 0 Å². The van der Waals surface area contributed by atoms with Gasteiger partial charge in [-0.25, -0.2) is 0 Å². The molecule has 3 aromatic rings. The molecule has 0 amide bonds. The van der Waals surface area contributed by atoms with Gasteiger partial charge in [-0.05, 0) is 49.4 Å². The second kappa shape index (κ2) is 5.84.